The number of ether oxygens (including phenoxy) is 1. The molecule has 1 aromatic rings. The predicted molar refractivity (Wildman–Crippen MR) is 57.8 cm³/mol. The molecule has 1 fully saturated rings. The van der Waals surface area contributed by atoms with Gasteiger partial charge in [-0.25, -0.2) is 4.79 Å². The summed E-state index contributed by atoms with van der Waals surface area (Å²) < 4.78 is 4.98. The monoisotopic (exact) mass is 219 g/mol. The van der Waals surface area contributed by atoms with Gasteiger partial charge in [-0.3, -0.25) is 4.79 Å². The summed E-state index contributed by atoms with van der Waals surface area (Å²) >= 11 is 0. The average Bonchev–Trinajstić information content (AvgIpc) is 2.33. The molecule has 4 nitrogen and oxygen atoms in total. The number of amides is 1. The standard InChI is InChI=1S/C12H13NO3/c14-11-7-6-10(11)13-12(15)16-8-9-4-2-1-3-5-9/h1-5,10H,6-8H2,(H,13,15)/t10-/m1/s1. The van der Waals surface area contributed by atoms with E-state index in [1.54, 1.807) is 0 Å². The van der Waals surface area contributed by atoms with Gasteiger partial charge < -0.3 is 10.1 Å². The Balaban J connectivity index is 1.74. The number of carbonyl (C=O) groups excluding carboxylic acids is 2. The quantitative estimate of drug-likeness (QED) is 0.840. The Labute approximate surface area is 93.6 Å². The van der Waals surface area contributed by atoms with Crippen molar-refractivity contribution in [3.63, 3.8) is 0 Å². The highest BCUT2D eigenvalue weighted by Crippen LogP contribution is 2.13. The lowest BCUT2D eigenvalue weighted by atomic mass is 9.91. The zero-order valence-corrected chi connectivity index (χ0v) is 8.81. The topological polar surface area (TPSA) is 55.4 Å². The highest BCUT2D eigenvalue weighted by molar-refractivity contribution is 5.92. The van der Waals surface area contributed by atoms with Gasteiger partial charge in [0.15, 0.2) is 5.78 Å². The van der Waals surface area contributed by atoms with Crippen LogP contribution in [0.25, 0.3) is 0 Å². The van der Waals surface area contributed by atoms with Crippen LogP contribution >= 0.6 is 0 Å². The molecule has 1 aromatic carbocycles. The van der Waals surface area contributed by atoms with Crippen molar-refractivity contribution in [2.24, 2.45) is 0 Å². The van der Waals surface area contributed by atoms with E-state index in [2.05, 4.69) is 5.32 Å². The van der Waals surface area contributed by atoms with Crippen molar-refractivity contribution >= 4 is 11.9 Å². The summed E-state index contributed by atoms with van der Waals surface area (Å²) in [7, 11) is 0. The summed E-state index contributed by atoms with van der Waals surface area (Å²) in [5.41, 5.74) is 0.928. The van der Waals surface area contributed by atoms with Gasteiger partial charge in [-0.1, -0.05) is 30.3 Å². The summed E-state index contributed by atoms with van der Waals surface area (Å²) in [5, 5.41) is 2.53. The van der Waals surface area contributed by atoms with Gasteiger partial charge >= 0.3 is 6.09 Å². The Morgan fingerprint density at radius 2 is 2.12 bits per heavy atom. The molecule has 1 N–H and O–H groups in total. The van der Waals surface area contributed by atoms with Crippen molar-refractivity contribution in [3.05, 3.63) is 35.9 Å². The van der Waals surface area contributed by atoms with Crippen LogP contribution in [-0.2, 0) is 16.1 Å². The molecule has 1 saturated carbocycles. The fraction of sp³-hybridized carbons (Fsp3) is 0.333. The molecule has 16 heavy (non-hydrogen) atoms. The molecule has 0 unspecified atom stereocenters. The van der Waals surface area contributed by atoms with Crippen LogP contribution in [0.2, 0.25) is 0 Å². The van der Waals surface area contributed by atoms with E-state index in [4.69, 9.17) is 4.74 Å². The first-order chi connectivity index (χ1) is 7.75. The molecule has 0 radical (unpaired) electrons. The summed E-state index contributed by atoms with van der Waals surface area (Å²) in [6, 6.07) is 9.08. The van der Waals surface area contributed by atoms with E-state index in [0.29, 0.717) is 6.42 Å². The van der Waals surface area contributed by atoms with Crippen LogP contribution in [0.3, 0.4) is 0 Å². The highest BCUT2D eigenvalue weighted by Gasteiger charge is 2.29. The molecule has 84 valence electrons. The van der Waals surface area contributed by atoms with E-state index in [9.17, 15) is 9.59 Å². The molecule has 0 aromatic heterocycles. The third-order valence-corrected chi connectivity index (χ3v) is 2.57. The molecule has 0 spiro atoms. The van der Waals surface area contributed by atoms with Gasteiger partial charge in [0.2, 0.25) is 0 Å². The minimum Gasteiger partial charge on any atom is -0.445 e. The largest absolute Gasteiger partial charge is 0.445 e. The van der Waals surface area contributed by atoms with Crippen molar-refractivity contribution < 1.29 is 14.3 Å². The molecular weight excluding hydrogens is 206 g/mol. The smallest absolute Gasteiger partial charge is 0.408 e. The van der Waals surface area contributed by atoms with Crippen molar-refractivity contribution in [2.75, 3.05) is 0 Å². The molecule has 1 aliphatic carbocycles. The molecular formula is C12H13NO3. The minimum atomic E-state index is -0.526. The number of benzene rings is 1. The number of nitrogens with one attached hydrogen (secondary N) is 1. The molecule has 1 amide bonds. The number of Topliss-reactive ketones (excluding diaryl/α,β-unsaturated/α-hetero) is 1. The predicted octanol–water partition coefficient (Wildman–Crippen LogP) is 1.64. The van der Waals surface area contributed by atoms with Crippen LogP contribution in [0, 0.1) is 0 Å². The Bertz CT molecular complexity index is 389. The SMILES string of the molecule is O=C(N[C@@H]1CCC1=O)OCc1ccccc1. The van der Waals surface area contributed by atoms with Crippen molar-refractivity contribution in [2.45, 2.75) is 25.5 Å². The van der Waals surface area contributed by atoms with E-state index < -0.39 is 6.09 Å². The van der Waals surface area contributed by atoms with E-state index in [1.807, 2.05) is 30.3 Å². The second kappa shape index (κ2) is 4.79. The lowest BCUT2D eigenvalue weighted by Crippen LogP contribution is -2.47. The first kappa shape index (κ1) is 10.7. The van der Waals surface area contributed by atoms with E-state index >= 15 is 0 Å². The maximum Gasteiger partial charge on any atom is 0.408 e. The van der Waals surface area contributed by atoms with E-state index in [-0.39, 0.29) is 18.4 Å². The van der Waals surface area contributed by atoms with Gasteiger partial charge in [0, 0.05) is 6.42 Å². The van der Waals surface area contributed by atoms with Crippen LogP contribution < -0.4 is 5.32 Å². The Hall–Kier alpha value is -1.84. The Morgan fingerprint density at radius 1 is 1.38 bits per heavy atom. The number of hydrogen-bond donors (Lipinski definition) is 1. The Kier molecular flexibility index (Phi) is 3.19. The number of rotatable bonds is 3. The lowest BCUT2D eigenvalue weighted by molar-refractivity contribution is -0.126. The summed E-state index contributed by atoms with van der Waals surface area (Å²) in [4.78, 5) is 22.2. The van der Waals surface area contributed by atoms with Gasteiger partial charge in [0.25, 0.3) is 0 Å². The Morgan fingerprint density at radius 3 is 2.69 bits per heavy atom. The van der Waals surface area contributed by atoms with Crippen molar-refractivity contribution in [3.8, 4) is 0 Å². The molecule has 4 heteroatoms. The fourth-order valence-electron chi connectivity index (χ4n) is 1.47. The number of alkyl carbamates (subject to hydrolysis) is 1. The normalized spacial score (nSPS) is 18.8. The summed E-state index contributed by atoms with van der Waals surface area (Å²) in [6.45, 7) is 0.230. The first-order valence-corrected chi connectivity index (χ1v) is 5.25. The third-order valence-electron chi connectivity index (χ3n) is 2.57. The molecule has 1 aliphatic rings. The van der Waals surface area contributed by atoms with E-state index in [1.165, 1.54) is 0 Å². The second-order valence-corrected chi connectivity index (χ2v) is 3.76. The average molecular weight is 219 g/mol. The lowest BCUT2D eigenvalue weighted by Gasteiger charge is -2.24. The number of carbonyl (C=O) groups is 2. The zero-order valence-electron chi connectivity index (χ0n) is 8.81. The van der Waals surface area contributed by atoms with Crippen LogP contribution in [0.4, 0.5) is 4.79 Å². The molecule has 0 bridgehead atoms. The van der Waals surface area contributed by atoms with Crippen molar-refractivity contribution in [1.82, 2.24) is 5.32 Å². The van der Waals surface area contributed by atoms with Crippen LogP contribution in [0.5, 0.6) is 0 Å². The molecule has 0 heterocycles. The van der Waals surface area contributed by atoms with Crippen LogP contribution in [0.15, 0.2) is 30.3 Å². The van der Waals surface area contributed by atoms with Crippen LogP contribution in [-0.4, -0.2) is 17.9 Å². The highest BCUT2D eigenvalue weighted by atomic mass is 16.5. The molecule has 1 atom stereocenters. The van der Waals surface area contributed by atoms with Crippen LogP contribution in [0.1, 0.15) is 18.4 Å². The minimum absolute atomic E-state index is 0.0802. The maximum absolute atomic E-state index is 11.3. The van der Waals surface area contributed by atoms with Gasteiger partial charge in [-0.2, -0.15) is 0 Å². The fourth-order valence-corrected chi connectivity index (χ4v) is 1.47. The number of ketones is 1. The van der Waals surface area contributed by atoms with Gasteiger partial charge in [0.05, 0.1) is 6.04 Å². The first-order valence-electron chi connectivity index (χ1n) is 5.25. The van der Waals surface area contributed by atoms with E-state index in [0.717, 1.165) is 12.0 Å². The van der Waals surface area contributed by atoms with Gasteiger partial charge in [0.1, 0.15) is 6.61 Å². The van der Waals surface area contributed by atoms with Gasteiger partial charge in [-0.05, 0) is 12.0 Å². The summed E-state index contributed by atoms with van der Waals surface area (Å²) in [5.74, 6) is 0.0802. The second-order valence-electron chi connectivity index (χ2n) is 3.76. The zero-order chi connectivity index (χ0) is 11.4. The molecule has 0 saturated heterocycles. The maximum atomic E-state index is 11.3. The number of hydrogen-bond acceptors (Lipinski definition) is 3. The molecule has 0 aliphatic heterocycles. The summed E-state index contributed by atoms with van der Waals surface area (Å²) in [6.07, 6.45) is 0.755. The van der Waals surface area contributed by atoms with Crippen molar-refractivity contribution in [1.29, 1.82) is 0 Å². The molecule has 2 rings (SSSR count). The van der Waals surface area contributed by atoms with Gasteiger partial charge in [-0.15, -0.1) is 0 Å². The third kappa shape index (κ3) is 2.59.